The van der Waals surface area contributed by atoms with E-state index in [0.29, 0.717) is 67.5 Å². The van der Waals surface area contributed by atoms with Gasteiger partial charge in [0.2, 0.25) is 5.91 Å². The zero-order chi connectivity index (χ0) is 27.1. The molecular weight excluding hydrogens is 539 g/mol. The summed E-state index contributed by atoms with van der Waals surface area (Å²) in [6.07, 6.45) is 0.220. The van der Waals surface area contributed by atoms with Gasteiger partial charge in [-0.1, -0.05) is 47.5 Å². The molecule has 2 heterocycles. The minimum Gasteiger partial charge on any atom is -0.491 e. The average Bonchev–Trinajstić information content (AvgIpc) is 2.95. The first kappa shape index (κ1) is 27.7. The molecule has 206 valence electrons. The van der Waals surface area contributed by atoms with Crippen molar-refractivity contribution in [1.82, 2.24) is 9.80 Å². The van der Waals surface area contributed by atoms with Crippen molar-refractivity contribution in [3.05, 3.63) is 88.4 Å². The van der Waals surface area contributed by atoms with Crippen LogP contribution in [-0.2, 0) is 20.8 Å². The van der Waals surface area contributed by atoms with E-state index in [1.807, 2.05) is 53.4 Å². The van der Waals surface area contributed by atoms with Gasteiger partial charge in [-0.05, 0) is 48.5 Å². The van der Waals surface area contributed by atoms with E-state index in [-0.39, 0.29) is 18.9 Å². The zero-order valence-corrected chi connectivity index (χ0v) is 23.2. The highest BCUT2D eigenvalue weighted by Crippen LogP contribution is 2.31. The maximum Gasteiger partial charge on any atom is 0.225 e. The minimum atomic E-state index is -0.809. The van der Waals surface area contributed by atoms with E-state index in [1.54, 1.807) is 18.2 Å². The standard InChI is InChI=1S/C30H32Cl2N2O5/c31-24-8-10-26(11-9-24)37-22-30(19-29(35)34-13-15-36-16-14-34)21-33(12-17-38-30)20-23-4-1-2-7-28(23)39-27-6-3-5-25(32)18-27/h1-11,18H,12-17,19-22H2/t30-/m0/s1. The van der Waals surface area contributed by atoms with Crippen LogP contribution < -0.4 is 9.47 Å². The van der Waals surface area contributed by atoms with Gasteiger partial charge < -0.3 is 23.8 Å². The van der Waals surface area contributed by atoms with Crippen molar-refractivity contribution in [2.24, 2.45) is 0 Å². The van der Waals surface area contributed by atoms with E-state index in [1.165, 1.54) is 0 Å². The summed E-state index contributed by atoms with van der Waals surface area (Å²) < 4.78 is 24.2. The van der Waals surface area contributed by atoms with Gasteiger partial charge in [-0.3, -0.25) is 9.69 Å². The lowest BCUT2D eigenvalue weighted by atomic mass is 9.96. The first-order valence-electron chi connectivity index (χ1n) is 13.1. The van der Waals surface area contributed by atoms with Crippen molar-refractivity contribution in [2.45, 2.75) is 18.6 Å². The van der Waals surface area contributed by atoms with Gasteiger partial charge in [0.05, 0.1) is 26.2 Å². The van der Waals surface area contributed by atoms with E-state index < -0.39 is 5.60 Å². The van der Waals surface area contributed by atoms with Crippen molar-refractivity contribution >= 4 is 29.1 Å². The van der Waals surface area contributed by atoms with Crippen LogP contribution in [0.5, 0.6) is 17.2 Å². The predicted molar refractivity (Wildman–Crippen MR) is 151 cm³/mol. The van der Waals surface area contributed by atoms with Crippen LogP contribution in [0.1, 0.15) is 12.0 Å². The van der Waals surface area contributed by atoms with Crippen molar-refractivity contribution in [2.75, 3.05) is 52.6 Å². The average molecular weight is 572 g/mol. The molecule has 9 heteroatoms. The number of benzene rings is 3. The Balaban J connectivity index is 1.32. The summed E-state index contributed by atoms with van der Waals surface area (Å²) in [7, 11) is 0. The van der Waals surface area contributed by atoms with Crippen LogP contribution in [0.3, 0.4) is 0 Å². The van der Waals surface area contributed by atoms with Crippen LogP contribution in [0.2, 0.25) is 10.0 Å². The molecule has 2 fully saturated rings. The Bertz CT molecular complexity index is 1250. The van der Waals surface area contributed by atoms with Gasteiger partial charge in [0.1, 0.15) is 29.5 Å². The molecule has 2 saturated heterocycles. The van der Waals surface area contributed by atoms with Crippen LogP contribution in [-0.4, -0.2) is 73.9 Å². The number of halogens is 2. The summed E-state index contributed by atoms with van der Waals surface area (Å²) in [5.74, 6) is 2.17. The molecule has 0 aliphatic carbocycles. The SMILES string of the molecule is O=C(C[C@@]1(COc2ccc(Cl)cc2)CN(Cc2ccccc2Oc2cccc(Cl)c2)CCO1)N1CCOCC1. The molecule has 1 amide bonds. The number of amides is 1. The maximum atomic E-state index is 13.3. The third-order valence-electron chi connectivity index (χ3n) is 6.87. The number of rotatable bonds is 9. The molecule has 0 bridgehead atoms. The molecule has 39 heavy (non-hydrogen) atoms. The molecule has 0 radical (unpaired) electrons. The second-order valence-corrected chi connectivity index (χ2v) is 10.7. The fourth-order valence-corrected chi connectivity index (χ4v) is 5.19. The highest BCUT2D eigenvalue weighted by Gasteiger charge is 2.41. The topological polar surface area (TPSA) is 60.5 Å². The van der Waals surface area contributed by atoms with Gasteiger partial charge in [-0.25, -0.2) is 0 Å². The summed E-state index contributed by atoms with van der Waals surface area (Å²) in [6, 6.07) is 22.5. The van der Waals surface area contributed by atoms with Crippen molar-refractivity contribution < 1.29 is 23.7 Å². The number of para-hydroxylation sites is 1. The number of hydrogen-bond donors (Lipinski definition) is 0. The van der Waals surface area contributed by atoms with Crippen LogP contribution in [0.4, 0.5) is 0 Å². The smallest absolute Gasteiger partial charge is 0.225 e. The van der Waals surface area contributed by atoms with Crippen molar-refractivity contribution in [3.8, 4) is 17.2 Å². The van der Waals surface area contributed by atoms with Gasteiger partial charge in [-0.2, -0.15) is 0 Å². The molecule has 0 unspecified atom stereocenters. The molecular formula is C30H32Cl2N2O5. The number of ether oxygens (including phenoxy) is 4. The quantitative estimate of drug-likeness (QED) is 0.329. The normalized spacial score (nSPS) is 20.0. The fourth-order valence-electron chi connectivity index (χ4n) is 4.88. The molecule has 5 rings (SSSR count). The molecule has 3 aromatic rings. The molecule has 3 aromatic carbocycles. The Kier molecular flexibility index (Phi) is 9.27. The molecule has 2 aliphatic rings. The Morgan fingerprint density at radius 1 is 0.872 bits per heavy atom. The molecule has 0 spiro atoms. The first-order chi connectivity index (χ1) is 19.0. The van der Waals surface area contributed by atoms with Gasteiger partial charge in [0.15, 0.2) is 0 Å². The lowest BCUT2D eigenvalue weighted by molar-refractivity contribution is -0.159. The minimum absolute atomic E-state index is 0.0459. The highest BCUT2D eigenvalue weighted by atomic mass is 35.5. The molecule has 0 aromatic heterocycles. The molecule has 1 atom stereocenters. The van der Waals surface area contributed by atoms with Gasteiger partial charge in [0.25, 0.3) is 0 Å². The van der Waals surface area contributed by atoms with E-state index in [0.717, 1.165) is 17.9 Å². The Morgan fingerprint density at radius 2 is 1.67 bits per heavy atom. The lowest BCUT2D eigenvalue weighted by Gasteiger charge is -2.43. The van der Waals surface area contributed by atoms with E-state index >= 15 is 0 Å². The largest absolute Gasteiger partial charge is 0.491 e. The highest BCUT2D eigenvalue weighted by molar-refractivity contribution is 6.30. The number of nitrogens with zero attached hydrogens (tertiary/aromatic N) is 2. The molecule has 0 saturated carbocycles. The second-order valence-electron chi connectivity index (χ2n) is 9.82. The predicted octanol–water partition coefficient (Wildman–Crippen LogP) is 5.68. The summed E-state index contributed by atoms with van der Waals surface area (Å²) in [4.78, 5) is 17.5. The number of morpholine rings is 2. The van der Waals surface area contributed by atoms with Gasteiger partial charge in [0, 0.05) is 48.3 Å². The van der Waals surface area contributed by atoms with Crippen LogP contribution in [0, 0.1) is 0 Å². The molecule has 0 N–H and O–H groups in total. The third kappa shape index (κ3) is 7.65. The Hall–Kier alpha value is -2.81. The van der Waals surface area contributed by atoms with Crippen LogP contribution in [0.25, 0.3) is 0 Å². The number of carbonyl (C=O) groups is 1. The number of hydrogen-bond acceptors (Lipinski definition) is 6. The summed E-state index contributed by atoms with van der Waals surface area (Å²) in [5.41, 5.74) is 0.224. The van der Waals surface area contributed by atoms with E-state index in [9.17, 15) is 4.79 Å². The monoisotopic (exact) mass is 570 g/mol. The molecule has 7 nitrogen and oxygen atoms in total. The summed E-state index contributed by atoms with van der Waals surface area (Å²) in [6.45, 7) is 4.89. The summed E-state index contributed by atoms with van der Waals surface area (Å²) in [5, 5.41) is 1.26. The first-order valence-corrected chi connectivity index (χ1v) is 13.9. The molecule has 2 aliphatic heterocycles. The van der Waals surface area contributed by atoms with Gasteiger partial charge >= 0.3 is 0 Å². The zero-order valence-electron chi connectivity index (χ0n) is 21.7. The fraction of sp³-hybridized carbons (Fsp3) is 0.367. The lowest BCUT2D eigenvalue weighted by Crippen LogP contribution is -2.57. The van der Waals surface area contributed by atoms with Crippen molar-refractivity contribution in [3.63, 3.8) is 0 Å². The number of carbonyl (C=O) groups excluding carboxylic acids is 1. The second kappa shape index (κ2) is 13.0. The van der Waals surface area contributed by atoms with Crippen LogP contribution in [0.15, 0.2) is 72.8 Å². The Labute approximate surface area is 239 Å². The van der Waals surface area contributed by atoms with E-state index in [4.69, 9.17) is 42.1 Å². The van der Waals surface area contributed by atoms with Gasteiger partial charge in [-0.15, -0.1) is 0 Å². The summed E-state index contributed by atoms with van der Waals surface area (Å²) >= 11 is 12.2. The van der Waals surface area contributed by atoms with Crippen molar-refractivity contribution in [1.29, 1.82) is 0 Å². The van der Waals surface area contributed by atoms with E-state index in [2.05, 4.69) is 11.0 Å². The maximum absolute atomic E-state index is 13.3. The van der Waals surface area contributed by atoms with Crippen LogP contribution >= 0.6 is 23.2 Å². The third-order valence-corrected chi connectivity index (χ3v) is 7.36. The Morgan fingerprint density at radius 3 is 2.46 bits per heavy atom.